The van der Waals surface area contributed by atoms with Crippen molar-refractivity contribution in [1.82, 2.24) is 4.98 Å². The summed E-state index contributed by atoms with van der Waals surface area (Å²) in [6, 6.07) is 9.79. The number of nitriles is 1. The fraction of sp³-hybridized carbons (Fsp3) is 0.133. The molecule has 0 aliphatic carbocycles. The second-order valence-electron chi connectivity index (χ2n) is 4.29. The number of rotatable bonds is 3. The molecule has 0 bridgehead atoms. The van der Waals surface area contributed by atoms with E-state index in [1.165, 1.54) is 24.2 Å². The maximum absolute atomic E-state index is 14.1. The summed E-state index contributed by atoms with van der Waals surface area (Å²) >= 11 is 0. The highest BCUT2D eigenvalue weighted by molar-refractivity contribution is 6.06. The number of aromatic nitrogens is 1. The predicted octanol–water partition coefficient (Wildman–Crippen LogP) is 2.41. The fourth-order valence-electron chi connectivity index (χ4n) is 1.84. The van der Waals surface area contributed by atoms with Crippen LogP contribution in [0.5, 0.6) is 0 Å². The third-order valence-corrected chi connectivity index (χ3v) is 3.04. The molecule has 1 aromatic carbocycles. The van der Waals surface area contributed by atoms with Crippen molar-refractivity contribution in [2.24, 2.45) is 0 Å². The van der Waals surface area contributed by atoms with Crippen molar-refractivity contribution in [3.63, 3.8) is 0 Å². The van der Waals surface area contributed by atoms with Crippen molar-refractivity contribution in [3.8, 4) is 6.07 Å². The van der Waals surface area contributed by atoms with E-state index in [2.05, 4.69) is 10.3 Å². The minimum absolute atomic E-state index is 0.0223. The number of benzene rings is 1. The lowest BCUT2D eigenvalue weighted by molar-refractivity contribution is 0.0989. The molecular formula is C15H13FN4O. The Morgan fingerprint density at radius 1 is 1.33 bits per heavy atom. The Kier molecular flexibility index (Phi) is 4.14. The van der Waals surface area contributed by atoms with E-state index in [1.54, 1.807) is 31.3 Å². The molecular weight excluding hydrogens is 271 g/mol. The lowest BCUT2D eigenvalue weighted by atomic mass is 10.1. The minimum atomic E-state index is -0.689. The van der Waals surface area contributed by atoms with Crippen molar-refractivity contribution < 1.29 is 9.18 Å². The zero-order valence-electron chi connectivity index (χ0n) is 11.6. The van der Waals surface area contributed by atoms with Crippen LogP contribution in [0.15, 0.2) is 36.5 Å². The van der Waals surface area contributed by atoms with E-state index in [-0.39, 0.29) is 11.4 Å². The van der Waals surface area contributed by atoms with Gasteiger partial charge in [-0.1, -0.05) is 0 Å². The van der Waals surface area contributed by atoms with Crippen molar-refractivity contribution >= 4 is 17.4 Å². The van der Waals surface area contributed by atoms with Gasteiger partial charge in [-0.15, -0.1) is 0 Å². The van der Waals surface area contributed by atoms with Gasteiger partial charge in [0.05, 0.1) is 17.2 Å². The molecule has 1 aromatic heterocycles. The monoisotopic (exact) mass is 284 g/mol. The predicted molar refractivity (Wildman–Crippen MR) is 77.6 cm³/mol. The lowest BCUT2D eigenvalue weighted by Gasteiger charge is -2.18. The zero-order chi connectivity index (χ0) is 15.4. The van der Waals surface area contributed by atoms with Gasteiger partial charge in [0.1, 0.15) is 0 Å². The summed E-state index contributed by atoms with van der Waals surface area (Å²) in [4.78, 5) is 17.5. The molecule has 0 saturated carbocycles. The summed E-state index contributed by atoms with van der Waals surface area (Å²) in [6.07, 6.45) is 1.37. The lowest BCUT2D eigenvalue weighted by Crippen LogP contribution is -2.27. The molecule has 0 saturated heterocycles. The largest absolute Gasteiger partial charge is 0.371 e. The van der Waals surface area contributed by atoms with Crippen LogP contribution >= 0.6 is 0 Å². The van der Waals surface area contributed by atoms with Gasteiger partial charge in [0.15, 0.2) is 11.6 Å². The van der Waals surface area contributed by atoms with Gasteiger partial charge >= 0.3 is 0 Å². The smallest absolute Gasteiger partial charge is 0.261 e. The first-order valence-electron chi connectivity index (χ1n) is 6.19. The second-order valence-corrected chi connectivity index (χ2v) is 4.29. The van der Waals surface area contributed by atoms with Crippen molar-refractivity contribution in [3.05, 3.63) is 53.5 Å². The number of amides is 1. The first-order valence-corrected chi connectivity index (χ1v) is 6.19. The number of hydrogen-bond acceptors (Lipinski definition) is 4. The molecule has 106 valence electrons. The minimum Gasteiger partial charge on any atom is -0.371 e. The van der Waals surface area contributed by atoms with Crippen molar-refractivity contribution in [2.75, 3.05) is 24.3 Å². The van der Waals surface area contributed by atoms with Gasteiger partial charge in [0.25, 0.3) is 5.91 Å². The summed E-state index contributed by atoms with van der Waals surface area (Å²) in [7, 11) is 3.08. The van der Waals surface area contributed by atoms with Crippen LogP contribution in [0, 0.1) is 17.1 Å². The zero-order valence-corrected chi connectivity index (χ0v) is 11.6. The highest BCUT2D eigenvalue weighted by Gasteiger charge is 2.20. The number of nitrogens with one attached hydrogen (secondary N) is 1. The quantitative estimate of drug-likeness (QED) is 0.939. The van der Waals surface area contributed by atoms with Crippen molar-refractivity contribution in [2.45, 2.75) is 0 Å². The van der Waals surface area contributed by atoms with Gasteiger partial charge in [-0.05, 0) is 30.3 Å². The van der Waals surface area contributed by atoms with Gasteiger partial charge in [0.2, 0.25) is 0 Å². The molecule has 0 radical (unpaired) electrons. The molecule has 1 heterocycles. The van der Waals surface area contributed by atoms with Gasteiger partial charge in [0, 0.05) is 26.0 Å². The van der Waals surface area contributed by atoms with Crippen LogP contribution in [0.1, 0.15) is 15.9 Å². The Bertz CT molecular complexity index is 707. The van der Waals surface area contributed by atoms with E-state index >= 15 is 0 Å². The molecule has 6 heteroatoms. The molecule has 0 aliphatic heterocycles. The number of carbonyl (C=O) groups is 1. The Labute approximate surface area is 121 Å². The first kappa shape index (κ1) is 14.5. The topological polar surface area (TPSA) is 69.0 Å². The molecule has 1 amide bonds. The fourth-order valence-corrected chi connectivity index (χ4v) is 1.84. The number of carbonyl (C=O) groups excluding carboxylic acids is 1. The number of hydrogen-bond donors (Lipinski definition) is 1. The average molecular weight is 284 g/mol. The molecule has 0 unspecified atom stereocenters. The normalized spacial score (nSPS) is 9.81. The van der Waals surface area contributed by atoms with E-state index in [9.17, 15) is 9.18 Å². The average Bonchev–Trinajstić information content (AvgIpc) is 2.54. The Morgan fingerprint density at radius 3 is 2.57 bits per heavy atom. The molecule has 5 nitrogen and oxygen atoms in total. The molecule has 0 aliphatic rings. The summed E-state index contributed by atoms with van der Waals surface area (Å²) in [5.74, 6) is -1.16. The van der Waals surface area contributed by atoms with Crippen molar-refractivity contribution in [1.29, 1.82) is 5.26 Å². The Hall–Kier alpha value is -2.94. The van der Waals surface area contributed by atoms with Gasteiger partial charge in [-0.25, -0.2) is 9.37 Å². The maximum atomic E-state index is 14.1. The van der Waals surface area contributed by atoms with Crippen LogP contribution in [0.25, 0.3) is 0 Å². The third-order valence-electron chi connectivity index (χ3n) is 3.04. The van der Waals surface area contributed by atoms with E-state index in [4.69, 9.17) is 5.26 Å². The molecule has 2 rings (SSSR count). The van der Waals surface area contributed by atoms with Crippen LogP contribution in [-0.2, 0) is 0 Å². The third kappa shape index (κ3) is 2.82. The molecule has 1 N–H and O–H groups in total. The number of halogens is 1. The molecule has 0 atom stereocenters. The number of anilines is 2. The van der Waals surface area contributed by atoms with Crippen LogP contribution in [-0.4, -0.2) is 25.0 Å². The van der Waals surface area contributed by atoms with E-state index in [0.717, 1.165) is 0 Å². The molecule has 0 fully saturated rings. The van der Waals surface area contributed by atoms with Crippen LogP contribution in [0.4, 0.5) is 15.9 Å². The number of nitrogens with zero attached hydrogens (tertiary/aromatic N) is 3. The first-order chi connectivity index (χ1) is 10.1. The van der Waals surface area contributed by atoms with Crippen LogP contribution in [0.2, 0.25) is 0 Å². The highest BCUT2D eigenvalue weighted by Crippen LogP contribution is 2.20. The van der Waals surface area contributed by atoms with E-state index in [0.29, 0.717) is 11.3 Å². The van der Waals surface area contributed by atoms with E-state index < -0.39 is 11.7 Å². The molecule has 0 spiro atoms. The SMILES string of the molecule is CNc1nccc(C(=O)N(C)c2ccc(C#N)cc2)c1F. The molecule has 21 heavy (non-hydrogen) atoms. The summed E-state index contributed by atoms with van der Waals surface area (Å²) in [5.41, 5.74) is 0.995. The Morgan fingerprint density at radius 2 is 2.00 bits per heavy atom. The van der Waals surface area contributed by atoms with E-state index in [1.807, 2.05) is 6.07 Å². The second kappa shape index (κ2) is 6.01. The summed E-state index contributed by atoms with van der Waals surface area (Å²) < 4.78 is 14.1. The summed E-state index contributed by atoms with van der Waals surface area (Å²) in [6.45, 7) is 0. The number of pyridine rings is 1. The van der Waals surface area contributed by atoms with Crippen LogP contribution in [0.3, 0.4) is 0 Å². The van der Waals surface area contributed by atoms with Gasteiger partial charge in [-0.2, -0.15) is 5.26 Å². The molecule has 2 aromatic rings. The standard InChI is InChI=1S/C15H13FN4O/c1-18-14-13(16)12(7-8-19-14)15(21)20(2)11-5-3-10(9-17)4-6-11/h3-8H,1-2H3,(H,18,19). The van der Waals surface area contributed by atoms with Gasteiger partial charge in [-0.3, -0.25) is 4.79 Å². The highest BCUT2D eigenvalue weighted by atomic mass is 19.1. The van der Waals surface area contributed by atoms with Gasteiger partial charge < -0.3 is 10.2 Å². The van der Waals surface area contributed by atoms with Crippen LogP contribution < -0.4 is 10.2 Å². The Balaban J connectivity index is 2.33. The summed E-state index contributed by atoms with van der Waals surface area (Å²) in [5, 5.41) is 11.3. The maximum Gasteiger partial charge on any atom is 0.261 e.